The maximum absolute atomic E-state index is 4.68. The Hall–Kier alpha value is -1.48. The van der Waals surface area contributed by atoms with Gasteiger partial charge in [0.1, 0.15) is 0 Å². The van der Waals surface area contributed by atoms with Gasteiger partial charge in [-0.1, -0.05) is 141 Å². The first kappa shape index (κ1) is 30.7. The molecule has 2 nitrogen and oxygen atoms in total. The highest BCUT2D eigenvalue weighted by atomic mass is 28.3. The van der Waals surface area contributed by atoms with Crippen molar-refractivity contribution in [3.63, 3.8) is 0 Å². The topological polar surface area (TPSA) is 25.8 Å². The summed E-state index contributed by atoms with van der Waals surface area (Å²) in [6.45, 7) is 9.75. The van der Waals surface area contributed by atoms with Gasteiger partial charge in [-0.2, -0.15) is 0 Å². The van der Waals surface area contributed by atoms with Crippen molar-refractivity contribution < 1.29 is 0 Å². The van der Waals surface area contributed by atoms with Crippen LogP contribution in [0.2, 0.25) is 25.2 Å². The van der Waals surface area contributed by atoms with Crippen LogP contribution < -0.4 is 0 Å². The van der Waals surface area contributed by atoms with Crippen LogP contribution in [0.15, 0.2) is 36.7 Å². The Labute approximate surface area is 225 Å². The van der Waals surface area contributed by atoms with E-state index >= 15 is 0 Å². The van der Waals surface area contributed by atoms with E-state index in [9.17, 15) is 0 Å². The predicted molar refractivity (Wildman–Crippen MR) is 163 cm³/mol. The molecule has 2 rings (SSSR count). The number of hydrogen-bond donors (Lipinski definition) is 0. The van der Waals surface area contributed by atoms with Crippen LogP contribution in [0.4, 0.5) is 0 Å². The lowest BCUT2D eigenvalue weighted by atomic mass is 10.0. The van der Waals surface area contributed by atoms with Crippen LogP contribution in [-0.4, -0.2) is 18.0 Å². The molecule has 0 spiro atoms. The first-order chi connectivity index (χ1) is 17.5. The summed E-state index contributed by atoms with van der Waals surface area (Å²) in [7, 11) is -0.837. The smallest absolute Gasteiger partial charge is 0.159 e. The van der Waals surface area contributed by atoms with Gasteiger partial charge >= 0.3 is 0 Å². The van der Waals surface area contributed by atoms with Crippen molar-refractivity contribution in [2.45, 2.75) is 148 Å². The minimum absolute atomic E-state index is 0.837. The van der Waals surface area contributed by atoms with Gasteiger partial charge in [-0.15, -0.1) is 0 Å². The molecule has 0 radical (unpaired) electrons. The van der Waals surface area contributed by atoms with Gasteiger partial charge in [0.2, 0.25) is 0 Å². The van der Waals surface area contributed by atoms with Crippen LogP contribution in [0.25, 0.3) is 11.4 Å². The van der Waals surface area contributed by atoms with E-state index in [1.165, 1.54) is 126 Å². The van der Waals surface area contributed by atoms with Crippen molar-refractivity contribution in [3.8, 4) is 11.4 Å². The third kappa shape index (κ3) is 13.7. The molecule has 36 heavy (non-hydrogen) atoms. The van der Waals surface area contributed by atoms with Crippen molar-refractivity contribution in [1.82, 2.24) is 9.97 Å². The zero-order valence-electron chi connectivity index (χ0n) is 24.3. The number of hydrogen-bond acceptors (Lipinski definition) is 2. The Morgan fingerprint density at radius 3 is 1.72 bits per heavy atom. The monoisotopic (exact) mass is 508 g/mol. The maximum atomic E-state index is 4.68. The van der Waals surface area contributed by atoms with Crippen molar-refractivity contribution in [2.24, 2.45) is 0 Å². The molecule has 2 aromatic rings. The summed E-state index contributed by atoms with van der Waals surface area (Å²) in [6, 6.07) is 11.9. The van der Waals surface area contributed by atoms with E-state index in [0.717, 1.165) is 17.8 Å². The third-order valence-electron chi connectivity index (χ3n) is 7.99. The number of rotatable bonds is 21. The van der Waals surface area contributed by atoms with Crippen molar-refractivity contribution in [2.75, 3.05) is 0 Å². The van der Waals surface area contributed by atoms with Crippen LogP contribution >= 0.6 is 0 Å². The van der Waals surface area contributed by atoms with Crippen LogP contribution in [0, 0.1) is 0 Å². The van der Waals surface area contributed by atoms with Crippen molar-refractivity contribution in [1.29, 1.82) is 0 Å². The summed E-state index contributed by atoms with van der Waals surface area (Å²) in [5, 5.41) is 0. The van der Waals surface area contributed by atoms with E-state index in [0.29, 0.717) is 0 Å². The SMILES string of the molecule is CCCCCCCCc1cnc(-c2cccc(CCCCCCCCCCC[Si](C)(C)CC)c2)nc1. The van der Waals surface area contributed by atoms with Crippen LogP contribution in [0.3, 0.4) is 0 Å². The Balaban J connectivity index is 1.57. The van der Waals surface area contributed by atoms with E-state index < -0.39 is 8.07 Å². The summed E-state index contributed by atoms with van der Waals surface area (Å²) >= 11 is 0. The van der Waals surface area contributed by atoms with Gasteiger partial charge in [-0.25, -0.2) is 9.97 Å². The fourth-order valence-corrected chi connectivity index (χ4v) is 6.52. The standard InChI is InChI=1S/C33H56N2Si/c1-5-7-8-9-15-19-23-31-28-34-33(35-29-31)32-25-21-24-30(27-32)22-18-16-13-11-10-12-14-17-20-26-36(3,4)6-2/h21,24-25,27-29H,5-20,22-23,26H2,1-4H3. The lowest BCUT2D eigenvalue weighted by Gasteiger charge is -2.19. The second-order valence-corrected chi connectivity index (χ2v) is 17.4. The fourth-order valence-electron chi connectivity index (χ4n) is 4.96. The minimum atomic E-state index is -0.837. The number of aromatic nitrogens is 2. The quantitative estimate of drug-likeness (QED) is 0.124. The molecular weight excluding hydrogens is 452 g/mol. The first-order valence-corrected chi connectivity index (χ1v) is 18.9. The summed E-state index contributed by atoms with van der Waals surface area (Å²) in [4.78, 5) is 9.36. The van der Waals surface area contributed by atoms with E-state index in [2.05, 4.69) is 61.2 Å². The molecule has 0 saturated carbocycles. The average molecular weight is 509 g/mol. The molecule has 0 atom stereocenters. The van der Waals surface area contributed by atoms with Crippen molar-refractivity contribution >= 4 is 8.07 Å². The largest absolute Gasteiger partial charge is 0.236 e. The lowest BCUT2D eigenvalue weighted by molar-refractivity contribution is 0.564. The molecule has 0 saturated heterocycles. The molecule has 0 aliphatic rings. The molecule has 3 heteroatoms. The molecule has 202 valence electrons. The Morgan fingerprint density at radius 1 is 0.611 bits per heavy atom. The number of aryl methyl sites for hydroxylation is 2. The summed E-state index contributed by atoms with van der Waals surface area (Å²) in [5.74, 6) is 0.865. The van der Waals surface area contributed by atoms with E-state index in [1.807, 2.05) is 12.4 Å². The Kier molecular flexibility index (Phi) is 16.0. The molecule has 1 aromatic carbocycles. The normalized spacial score (nSPS) is 11.8. The zero-order valence-corrected chi connectivity index (χ0v) is 25.3. The highest BCUT2D eigenvalue weighted by molar-refractivity contribution is 6.77. The van der Waals surface area contributed by atoms with Gasteiger partial charge in [-0.05, 0) is 42.9 Å². The second-order valence-electron chi connectivity index (χ2n) is 11.8. The average Bonchev–Trinajstić information content (AvgIpc) is 2.90. The first-order valence-electron chi connectivity index (χ1n) is 15.4. The molecule has 0 bridgehead atoms. The molecule has 1 aromatic heterocycles. The molecule has 0 fully saturated rings. The zero-order chi connectivity index (χ0) is 25.9. The van der Waals surface area contributed by atoms with Gasteiger partial charge in [0.05, 0.1) is 0 Å². The number of benzene rings is 1. The van der Waals surface area contributed by atoms with Crippen LogP contribution in [-0.2, 0) is 12.8 Å². The van der Waals surface area contributed by atoms with Gasteiger partial charge < -0.3 is 0 Å². The summed E-state index contributed by atoms with van der Waals surface area (Å²) < 4.78 is 0. The third-order valence-corrected chi connectivity index (χ3v) is 11.6. The number of nitrogens with zero attached hydrogens (tertiary/aromatic N) is 2. The summed E-state index contributed by atoms with van der Waals surface area (Å²) in [5.41, 5.74) is 3.85. The lowest BCUT2D eigenvalue weighted by Crippen LogP contribution is -2.22. The Bertz CT molecular complexity index is 800. The van der Waals surface area contributed by atoms with Gasteiger partial charge in [0.15, 0.2) is 5.82 Å². The maximum Gasteiger partial charge on any atom is 0.159 e. The molecule has 0 aliphatic heterocycles. The second kappa shape index (κ2) is 18.7. The highest BCUT2D eigenvalue weighted by Gasteiger charge is 2.16. The molecule has 0 aliphatic carbocycles. The van der Waals surface area contributed by atoms with Crippen molar-refractivity contribution in [3.05, 3.63) is 47.8 Å². The number of unbranched alkanes of at least 4 members (excludes halogenated alkanes) is 13. The van der Waals surface area contributed by atoms with E-state index in [1.54, 1.807) is 0 Å². The highest BCUT2D eigenvalue weighted by Crippen LogP contribution is 2.21. The predicted octanol–water partition coefficient (Wildman–Crippen LogP) is 10.8. The van der Waals surface area contributed by atoms with E-state index in [4.69, 9.17) is 0 Å². The molecule has 0 unspecified atom stereocenters. The molecule has 1 heterocycles. The summed E-state index contributed by atoms with van der Waals surface area (Å²) in [6.07, 6.45) is 27.0. The van der Waals surface area contributed by atoms with Crippen LogP contribution in [0.1, 0.15) is 121 Å². The minimum Gasteiger partial charge on any atom is -0.236 e. The molecular formula is C33H56N2Si. The Morgan fingerprint density at radius 2 is 1.14 bits per heavy atom. The fraction of sp³-hybridized carbons (Fsp3) is 0.697. The van der Waals surface area contributed by atoms with E-state index in [-0.39, 0.29) is 0 Å². The van der Waals surface area contributed by atoms with Crippen LogP contribution in [0.5, 0.6) is 0 Å². The van der Waals surface area contributed by atoms with Gasteiger partial charge in [0.25, 0.3) is 0 Å². The molecule has 0 N–H and O–H groups in total. The molecule has 0 amide bonds. The van der Waals surface area contributed by atoms with Gasteiger partial charge in [-0.3, -0.25) is 0 Å². The van der Waals surface area contributed by atoms with Gasteiger partial charge in [0, 0.05) is 26.0 Å².